The molecule has 0 aromatic carbocycles. The van der Waals surface area contributed by atoms with Gasteiger partial charge in [0, 0.05) is 0 Å². The summed E-state index contributed by atoms with van der Waals surface area (Å²) in [6, 6.07) is 0. The van der Waals surface area contributed by atoms with E-state index in [2.05, 4.69) is 0 Å². The van der Waals surface area contributed by atoms with Crippen LogP contribution in [0.3, 0.4) is 0 Å². The van der Waals surface area contributed by atoms with Gasteiger partial charge in [0.2, 0.25) is 0 Å². The van der Waals surface area contributed by atoms with Crippen LogP contribution in [-0.2, 0) is 10.0 Å². The Labute approximate surface area is 67.6 Å². The molecule has 0 amide bonds. The number of alkyl halides is 3. The first kappa shape index (κ1) is 11.7. The first-order valence-electron chi connectivity index (χ1n) is 2.99. The Balaban J connectivity index is 4.64. The topological polar surface area (TPSA) is 60.4 Å². The van der Waals surface area contributed by atoms with Crippen LogP contribution in [-0.4, -0.2) is 24.9 Å². The highest BCUT2D eigenvalue weighted by Gasteiger charge is 2.46. The molecule has 0 bridgehead atoms. The zero-order valence-corrected chi connectivity index (χ0v) is 6.94. The normalized spacial score (nSPS) is 13.8. The van der Waals surface area contributed by atoms with Gasteiger partial charge in [-0.15, -0.1) is 0 Å². The molecule has 0 aliphatic rings. The quantitative estimate of drug-likeness (QED) is 0.648. The monoisotopic (exact) mass is 206 g/mol. The van der Waals surface area contributed by atoms with Gasteiger partial charge in [-0.2, -0.15) is 13.2 Å². The smallest absolute Gasteiger partial charge is 0.510 e. The maximum atomic E-state index is 11.6. The lowest BCUT2D eigenvalue weighted by atomic mass is 10.5. The molecule has 8 heteroatoms. The maximum absolute atomic E-state index is 11.6. The van der Waals surface area contributed by atoms with Crippen molar-refractivity contribution in [1.82, 2.24) is 4.47 Å². The third-order valence-electron chi connectivity index (χ3n) is 0.967. The van der Waals surface area contributed by atoms with Crippen LogP contribution in [0.1, 0.15) is 13.3 Å². The molecule has 0 atom stereocenters. The van der Waals surface area contributed by atoms with E-state index in [4.69, 9.17) is 0 Å². The van der Waals surface area contributed by atoms with Crippen LogP contribution in [0.2, 0.25) is 0 Å². The van der Waals surface area contributed by atoms with Gasteiger partial charge in [-0.3, -0.25) is 4.47 Å². The highest BCUT2D eigenvalue weighted by atomic mass is 32.2. The van der Waals surface area contributed by atoms with Crippen molar-refractivity contribution in [2.45, 2.75) is 18.9 Å². The summed E-state index contributed by atoms with van der Waals surface area (Å²) in [7, 11) is -5.66. The van der Waals surface area contributed by atoms with Crippen molar-refractivity contribution < 1.29 is 21.6 Å². The second-order valence-electron chi connectivity index (χ2n) is 1.98. The molecule has 0 saturated heterocycles. The molecule has 4 nitrogen and oxygen atoms in total. The molecule has 0 rings (SSSR count). The van der Waals surface area contributed by atoms with Crippen LogP contribution in [0.25, 0.3) is 0 Å². The highest BCUT2D eigenvalue weighted by molar-refractivity contribution is 7.90. The van der Waals surface area contributed by atoms with Crippen molar-refractivity contribution in [3.05, 3.63) is 5.21 Å². The van der Waals surface area contributed by atoms with Crippen LogP contribution in [0.4, 0.5) is 13.2 Å². The molecule has 0 aromatic heterocycles. The first-order chi connectivity index (χ1) is 5.23. The van der Waals surface area contributed by atoms with Gasteiger partial charge in [0.05, 0.1) is 0 Å². The van der Waals surface area contributed by atoms with Gasteiger partial charge in [0.1, 0.15) is 0 Å². The molecule has 74 valence electrons. The molecule has 0 aliphatic heterocycles. The van der Waals surface area contributed by atoms with Gasteiger partial charge in [-0.25, -0.2) is 8.42 Å². The van der Waals surface area contributed by atoms with E-state index in [1.54, 1.807) is 0 Å². The van der Waals surface area contributed by atoms with Crippen molar-refractivity contribution in [3.63, 3.8) is 0 Å². The molecule has 0 N–H and O–H groups in total. The zero-order chi connectivity index (χ0) is 9.99. The fourth-order valence-electron chi connectivity index (χ4n) is 0.418. The van der Waals surface area contributed by atoms with Crippen LogP contribution >= 0.6 is 0 Å². The lowest BCUT2D eigenvalue weighted by Crippen LogP contribution is -2.37. The Hall–Kier alpha value is -0.340. The minimum atomic E-state index is -5.66. The van der Waals surface area contributed by atoms with Gasteiger partial charge < -0.3 is 5.21 Å². The summed E-state index contributed by atoms with van der Waals surface area (Å²) in [6.07, 6.45) is 0.0405. The second kappa shape index (κ2) is 3.58. The standard InChI is InChI=1S/C4H7F3NO3S/c1-2-3-8(9)12(10,11)4(5,6)7/h2-3H2,1H3/q-1. The maximum Gasteiger partial charge on any atom is 0.510 e. The summed E-state index contributed by atoms with van der Waals surface area (Å²) in [5.74, 6) is 0. The number of hydrogen-bond acceptors (Lipinski definition) is 3. The predicted octanol–water partition coefficient (Wildman–Crippen LogP) is 1.05. The third kappa shape index (κ3) is 2.32. The van der Waals surface area contributed by atoms with Crippen molar-refractivity contribution in [3.8, 4) is 0 Å². The van der Waals surface area contributed by atoms with E-state index in [1.165, 1.54) is 6.92 Å². The average molecular weight is 206 g/mol. The lowest BCUT2D eigenvalue weighted by molar-refractivity contribution is -0.0477. The van der Waals surface area contributed by atoms with Crippen LogP contribution in [0, 0.1) is 5.21 Å². The Morgan fingerprint density at radius 1 is 1.42 bits per heavy atom. The molecule has 0 aromatic rings. The Bertz CT molecular complexity index is 234. The molecule has 0 aliphatic carbocycles. The van der Waals surface area contributed by atoms with Crippen LogP contribution in [0.5, 0.6) is 0 Å². The average Bonchev–Trinajstić information content (AvgIpc) is 1.85. The molecule has 0 heterocycles. The minimum absolute atomic E-state index is 0.0405. The fourth-order valence-corrected chi connectivity index (χ4v) is 1.07. The van der Waals surface area contributed by atoms with Crippen molar-refractivity contribution in [2.24, 2.45) is 0 Å². The molecule has 0 saturated carbocycles. The first-order valence-corrected chi connectivity index (χ1v) is 4.43. The fraction of sp³-hybridized carbons (Fsp3) is 1.00. The van der Waals surface area contributed by atoms with E-state index < -0.39 is 26.5 Å². The Morgan fingerprint density at radius 3 is 2.08 bits per heavy atom. The predicted molar refractivity (Wildman–Crippen MR) is 35.3 cm³/mol. The van der Waals surface area contributed by atoms with Gasteiger partial charge >= 0.3 is 15.5 Å². The number of hydrogen-bond donors (Lipinski definition) is 0. The lowest BCUT2D eigenvalue weighted by Gasteiger charge is -2.27. The molecule has 0 spiro atoms. The summed E-state index contributed by atoms with van der Waals surface area (Å²) < 4.78 is 54.2. The number of sulfonamides is 1. The number of rotatable bonds is 3. The number of hydroxylamine groups is 1. The molecular weight excluding hydrogens is 199 g/mol. The minimum Gasteiger partial charge on any atom is -0.772 e. The molecule has 0 unspecified atom stereocenters. The van der Waals surface area contributed by atoms with E-state index in [9.17, 15) is 26.8 Å². The van der Waals surface area contributed by atoms with Crippen LogP contribution < -0.4 is 0 Å². The molecule has 0 fully saturated rings. The summed E-state index contributed by atoms with van der Waals surface area (Å²) in [6.45, 7) is 0.721. The van der Waals surface area contributed by atoms with E-state index in [1.807, 2.05) is 0 Å². The molecule has 0 radical (unpaired) electrons. The number of halogens is 3. The van der Waals surface area contributed by atoms with Crippen molar-refractivity contribution in [2.75, 3.05) is 6.54 Å². The van der Waals surface area contributed by atoms with Gasteiger partial charge in [0.15, 0.2) is 0 Å². The van der Waals surface area contributed by atoms with Gasteiger partial charge in [0.25, 0.3) is 0 Å². The third-order valence-corrected chi connectivity index (χ3v) is 2.27. The molecule has 12 heavy (non-hydrogen) atoms. The largest absolute Gasteiger partial charge is 0.772 e. The van der Waals surface area contributed by atoms with Crippen molar-refractivity contribution >= 4 is 10.0 Å². The van der Waals surface area contributed by atoms with Gasteiger partial charge in [-0.1, -0.05) is 6.92 Å². The summed E-state index contributed by atoms with van der Waals surface area (Å²) in [4.78, 5) is 0. The summed E-state index contributed by atoms with van der Waals surface area (Å²) in [5, 5.41) is 10.3. The number of nitrogens with zero attached hydrogens (tertiary/aromatic N) is 1. The zero-order valence-electron chi connectivity index (χ0n) is 6.13. The highest BCUT2D eigenvalue weighted by Crippen LogP contribution is 2.25. The van der Waals surface area contributed by atoms with Crippen molar-refractivity contribution in [1.29, 1.82) is 0 Å². The van der Waals surface area contributed by atoms with E-state index >= 15 is 0 Å². The van der Waals surface area contributed by atoms with E-state index in [-0.39, 0.29) is 6.42 Å². The SMILES string of the molecule is CCCN([O-])S(=O)(=O)C(F)(F)F. The van der Waals surface area contributed by atoms with Crippen LogP contribution in [0.15, 0.2) is 0 Å². The Morgan fingerprint density at radius 2 is 1.83 bits per heavy atom. The second-order valence-corrected chi connectivity index (χ2v) is 3.80. The summed E-state index contributed by atoms with van der Waals surface area (Å²) in [5.41, 5.74) is -5.50. The van der Waals surface area contributed by atoms with E-state index in [0.717, 1.165) is 0 Å². The molecular formula is C4H7F3NO3S-. The summed E-state index contributed by atoms with van der Waals surface area (Å²) >= 11 is 0. The van der Waals surface area contributed by atoms with E-state index in [0.29, 0.717) is 0 Å². The Kier molecular flexibility index (Phi) is 3.48. The van der Waals surface area contributed by atoms with Gasteiger partial charge in [-0.05, 0) is 13.0 Å².